The highest BCUT2D eigenvalue weighted by Crippen LogP contribution is 2.32. The van der Waals surface area contributed by atoms with Gasteiger partial charge in [0.1, 0.15) is 6.10 Å². The van der Waals surface area contributed by atoms with Crippen molar-refractivity contribution in [1.82, 2.24) is 0 Å². The van der Waals surface area contributed by atoms with E-state index in [0.29, 0.717) is 22.4 Å². The number of fused-ring (bicyclic) bond motifs is 1. The van der Waals surface area contributed by atoms with Gasteiger partial charge in [-0.3, -0.25) is 4.79 Å². The highest BCUT2D eigenvalue weighted by Gasteiger charge is 2.32. The molecular weight excluding hydrogens is 310 g/mol. The molecule has 1 atom stereocenters. The molecule has 1 unspecified atom stereocenters. The third kappa shape index (κ3) is 3.12. The van der Waals surface area contributed by atoms with Gasteiger partial charge in [0.05, 0.1) is 24.7 Å². The predicted molar refractivity (Wildman–Crippen MR) is 85.6 cm³/mol. The minimum absolute atomic E-state index is 0.00516. The number of carbonyl (C=O) groups excluding carboxylic acids is 3. The monoisotopic (exact) mass is 325 g/mol. The van der Waals surface area contributed by atoms with Crippen LogP contribution >= 0.6 is 0 Å². The van der Waals surface area contributed by atoms with Crippen molar-refractivity contribution in [2.24, 2.45) is 0 Å². The maximum Gasteiger partial charge on any atom is 0.339 e. The molecule has 1 aliphatic rings. The molecule has 0 saturated carbocycles. The van der Waals surface area contributed by atoms with E-state index in [4.69, 9.17) is 4.74 Å². The van der Waals surface area contributed by atoms with E-state index in [9.17, 15) is 14.4 Å². The van der Waals surface area contributed by atoms with Crippen LogP contribution in [-0.4, -0.2) is 25.0 Å². The molecule has 6 heteroatoms. The van der Waals surface area contributed by atoms with Crippen molar-refractivity contribution < 1.29 is 23.9 Å². The number of esters is 2. The minimum Gasteiger partial charge on any atom is -0.465 e. The summed E-state index contributed by atoms with van der Waals surface area (Å²) in [5, 5.41) is 2.70. The first-order chi connectivity index (χ1) is 11.6. The molecule has 0 spiro atoms. The maximum absolute atomic E-state index is 12.2. The Morgan fingerprint density at radius 3 is 2.75 bits per heavy atom. The summed E-state index contributed by atoms with van der Waals surface area (Å²) in [5.74, 6) is -1.22. The summed E-state index contributed by atoms with van der Waals surface area (Å²) in [6.07, 6.45) is -0.594. The van der Waals surface area contributed by atoms with E-state index in [1.807, 2.05) is 0 Å². The molecule has 0 saturated heterocycles. The molecule has 1 N–H and O–H groups in total. The number of ether oxygens (including phenoxy) is 2. The molecule has 122 valence electrons. The normalized spacial score (nSPS) is 15.4. The molecular formula is C18H15NO5. The number of anilines is 1. The molecule has 1 aliphatic heterocycles. The Morgan fingerprint density at radius 2 is 1.96 bits per heavy atom. The van der Waals surface area contributed by atoms with Crippen LogP contribution in [0, 0.1) is 0 Å². The Hall–Kier alpha value is -3.15. The number of nitrogens with one attached hydrogen (secondary N) is 1. The molecule has 1 amide bonds. The SMILES string of the molecule is COC(=O)c1cccc(NC(=O)CC2OC(=O)c3ccccc32)c1. The Morgan fingerprint density at radius 1 is 1.17 bits per heavy atom. The number of rotatable bonds is 4. The zero-order chi connectivity index (χ0) is 17.1. The summed E-state index contributed by atoms with van der Waals surface area (Å²) in [4.78, 5) is 35.5. The third-order valence-corrected chi connectivity index (χ3v) is 3.72. The highest BCUT2D eigenvalue weighted by atomic mass is 16.5. The van der Waals surface area contributed by atoms with Gasteiger partial charge >= 0.3 is 11.9 Å². The van der Waals surface area contributed by atoms with Gasteiger partial charge in [0, 0.05) is 11.3 Å². The van der Waals surface area contributed by atoms with Crippen LogP contribution in [0.15, 0.2) is 48.5 Å². The van der Waals surface area contributed by atoms with Gasteiger partial charge in [-0.1, -0.05) is 24.3 Å². The largest absolute Gasteiger partial charge is 0.465 e. The van der Waals surface area contributed by atoms with Gasteiger partial charge in [-0.15, -0.1) is 0 Å². The lowest BCUT2D eigenvalue weighted by Gasteiger charge is -2.11. The first-order valence-corrected chi connectivity index (χ1v) is 7.36. The van der Waals surface area contributed by atoms with Gasteiger partial charge in [0.2, 0.25) is 5.91 Å². The fraction of sp³-hybridized carbons (Fsp3) is 0.167. The Balaban J connectivity index is 1.69. The highest BCUT2D eigenvalue weighted by molar-refractivity contribution is 5.97. The van der Waals surface area contributed by atoms with E-state index in [1.54, 1.807) is 42.5 Å². The van der Waals surface area contributed by atoms with E-state index >= 15 is 0 Å². The summed E-state index contributed by atoms with van der Waals surface area (Å²) in [7, 11) is 1.29. The lowest BCUT2D eigenvalue weighted by atomic mass is 10.0. The maximum atomic E-state index is 12.2. The van der Waals surface area contributed by atoms with Crippen LogP contribution in [0.1, 0.15) is 38.8 Å². The fourth-order valence-electron chi connectivity index (χ4n) is 2.59. The number of carbonyl (C=O) groups is 3. The minimum atomic E-state index is -0.600. The van der Waals surface area contributed by atoms with Crippen LogP contribution in [0.2, 0.25) is 0 Å². The van der Waals surface area contributed by atoms with E-state index < -0.39 is 18.0 Å². The molecule has 0 aromatic heterocycles. The third-order valence-electron chi connectivity index (χ3n) is 3.72. The Labute approximate surface area is 138 Å². The smallest absolute Gasteiger partial charge is 0.339 e. The van der Waals surface area contributed by atoms with E-state index in [-0.39, 0.29) is 12.3 Å². The summed E-state index contributed by atoms with van der Waals surface area (Å²) in [5.41, 5.74) is 2.01. The van der Waals surface area contributed by atoms with Crippen LogP contribution in [0.3, 0.4) is 0 Å². The first-order valence-electron chi connectivity index (χ1n) is 7.36. The molecule has 3 rings (SSSR count). The summed E-state index contributed by atoms with van der Waals surface area (Å²) >= 11 is 0. The summed E-state index contributed by atoms with van der Waals surface area (Å²) in [6.45, 7) is 0. The van der Waals surface area contributed by atoms with E-state index in [2.05, 4.69) is 10.1 Å². The van der Waals surface area contributed by atoms with Crippen LogP contribution in [0.5, 0.6) is 0 Å². The Kier molecular flexibility index (Phi) is 4.29. The molecule has 0 bridgehead atoms. The Bertz CT molecular complexity index is 815. The zero-order valence-electron chi connectivity index (χ0n) is 12.9. The molecule has 0 fully saturated rings. The first kappa shape index (κ1) is 15.7. The molecule has 2 aromatic carbocycles. The van der Waals surface area contributed by atoms with Crippen molar-refractivity contribution in [2.75, 3.05) is 12.4 Å². The molecule has 24 heavy (non-hydrogen) atoms. The molecule has 0 radical (unpaired) electrons. The van der Waals surface area contributed by atoms with Crippen LogP contribution in [0.4, 0.5) is 5.69 Å². The van der Waals surface area contributed by atoms with Gasteiger partial charge in [-0.25, -0.2) is 9.59 Å². The molecule has 2 aromatic rings. The predicted octanol–water partition coefficient (Wildman–Crippen LogP) is 2.71. The van der Waals surface area contributed by atoms with Crippen LogP contribution in [-0.2, 0) is 14.3 Å². The van der Waals surface area contributed by atoms with Crippen molar-refractivity contribution in [3.05, 3.63) is 65.2 Å². The van der Waals surface area contributed by atoms with Crippen molar-refractivity contribution in [3.8, 4) is 0 Å². The van der Waals surface area contributed by atoms with Crippen molar-refractivity contribution in [3.63, 3.8) is 0 Å². The van der Waals surface area contributed by atoms with Gasteiger partial charge in [0.15, 0.2) is 0 Å². The fourth-order valence-corrected chi connectivity index (χ4v) is 2.59. The van der Waals surface area contributed by atoms with Crippen molar-refractivity contribution >= 4 is 23.5 Å². The van der Waals surface area contributed by atoms with Gasteiger partial charge in [0.25, 0.3) is 0 Å². The van der Waals surface area contributed by atoms with Gasteiger partial charge in [-0.05, 0) is 24.3 Å². The average Bonchev–Trinajstić information content (AvgIpc) is 2.90. The van der Waals surface area contributed by atoms with Crippen LogP contribution in [0.25, 0.3) is 0 Å². The van der Waals surface area contributed by atoms with E-state index in [1.165, 1.54) is 13.2 Å². The van der Waals surface area contributed by atoms with Crippen molar-refractivity contribution in [1.29, 1.82) is 0 Å². The molecule has 1 heterocycles. The number of methoxy groups -OCH3 is 1. The van der Waals surface area contributed by atoms with Gasteiger partial charge < -0.3 is 14.8 Å². The number of amides is 1. The zero-order valence-corrected chi connectivity index (χ0v) is 12.9. The summed E-state index contributed by atoms with van der Waals surface area (Å²) < 4.78 is 9.89. The van der Waals surface area contributed by atoms with Crippen molar-refractivity contribution in [2.45, 2.75) is 12.5 Å². The average molecular weight is 325 g/mol. The second-order valence-electron chi connectivity index (χ2n) is 5.31. The number of hydrogen-bond donors (Lipinski definition) is 1. The second-order valence-corrected chi connectivity index (χ2v) is 5.31. The lowest BCUT2D eigenvalue weighted by molar-refractivity contribution is -0.118. The quantitative estimate of drug-likeness (QED) is 0.874. The second kappa shape index (κ2) is 6.54. The number of benzene rings is 2. The van der Waals surface area contributed by atoms with Gasteiger partial charge in [-0.2, -0.15) is 0 Å². The standard InChI is InChI=1S/C18H15NO5/c1-23-17(21)11-5-4-6-12(9-11)19-16(20)10-15-13-7-2-3-8-14(13)18(22)24-15/h2-9,15H,10H2,1H3,(H,19,20). The van der Waals surface area contributed by atoms with Crippen LogP contribution < -0.4 is 5.32 Å². The summed E-state index contributed by atoms with van der Waals surface area (Å²) in [6, 6.07) is 13.4. The number of cyclic esters (lactones) is 1. The molecule has 6 nitrogen and oxygen atoms in total. The number of hydrogen-bond acceptors (Lipinski definition) is 5. The lowest BCUT2D eigenvalue weighted by Crippen LogP contribution is -2.16. The van der Waals surface area contributed by atoms with E-state index in [0.717, 1.165) is 0 Å². The topological polar surface area (TPSA) is 81.7 Å². The molecule has 0 aliphatic carbocycles.